The van der Waals surface area contributed by atoms with Crippen LogP contribution in [0.2, 0.25) is 0 Å². The lowest BCUT2D eigenvalue weighted by atomic mass is 10.0. The molecule has 0 fully saturated rings. The second kappa shape index (κ2) is 6.23. The second-order valence-corrected chi connectivity index (χ2v) is 5.35. The summed E-state index contributed by atoms with van der Waals surface area (Å²) in [7, 11) is 4.37. The first-order chi connectivity index (χ1) is 11.9. The Labute approximate surface area is 142 Å². The maximum Gasteiger partial charge on any atom is 0.431 e. The lowest BCUT2D eigenvalue weighted by Gasteiger charge is -2.10. The Hall–Kier alpha value is -2.83. The van der Waals surface area contributed by atoms with Crippen molar-refractivity contribution in [3.05, 3.63) is 42.1 Å². The zero-order valence-corrected chi connectivity index (χ0v) is 13.8. The topological polar surface area (TPSA) is 43.5 Å². The second-order valence-electron chi connectivity index (χ2n) is 5.35. The van der Waals surface area contributed by atoms with Gasteiger partial charge in [0.2, 0.25) is 0 Å². The summed E-state index contributed by atoms with van der Waals surface area (Å²) in [6.07, 6.45) is -4.53. The number of rotatable bonds is 4. The summed E-state index contributed by atoms with van der Waals surface area (Å²) in [5.74, 6) is 1.28. The van der Waals surface area contributed by atoms with Gasteiger partial charge in [-0.25, -0.2) is 0 Å². The summed E-state index contributed by atoms with van der Waals surface area (Å²) in [5.41, 5.74) is -0.0172. The number of aromatic nitrogens is 1. The van der Waals surface area contributed by atoms with Crippen LogP contribution >= 0.6 is 0 Å². The fourth-order valence-corrected chi connectivity index (χ4v) is 2.79. The minimum atomic E-state index is -4.53. The van der Waals surface area contributed by atoms with E-state index in [0.29, 0.717) is 33.7 Å². The van der Waals surface area contributed by atoms with E-state index in [-0.39, 0.29) is 5.56 Å². The minimum Gasteiger partial charge on any atom is -0.497 e. The van der Waals surface area contributed by atoms with Crippen molar-refractivity contribution in [1.82, 2.24) is 4.98 Å². The van der Waals surface area contributed by atoms with Gasteiger partial charge in [0.15, 0.2) is 11.5 Å². The predicted octanol–water partition coefficient (Wildman–Crippen LogP) is 4.88. The molecule has 132 valence electrons. The van der Waals surface area contributed by atoms with Crippen molar-refractivity contribution < 1.29 is 27.4 Å². The van der Waals surface area contributed by atoms with E-state index in [1.54, 1.807) is 30.3 Å². The molecule has 0 amide bonds. The largest absolute Gasteiger partial charge is 0.497 e. The van der Waals surface area contributed by atoms with Crippen molar-refractivity contribution in [2.75, 3.05) is 21.3 Å². The van der Waals surface area contributed by atoms with Crippen molar-refractivity contribution in [2.24, 2.45) is 0 Å². The Morgan fingerprint density at radius 2 is 1.44 bits per heavy atom. The maximum absolute atomic E-state index is 13.6. The maximum atomic E-state index is 13.6. The molecule has 0 spiro atoms. The molecule has 0 aliphatic heterocycles. The summed E-state index contributed by atoms with van der Waals surface area (Å²) in [6, 6.07) is 9.46. The predicted molar refractivity (Wildman–Crippen MR) is 88.4 cm³/mol. The molecule has 0 saturated carbocycles. The van der Waals surface area contributed by atoms with E-state index in [4.69, 9.17) is 14.2 Å². The fourth-order valence-electron chi connectivity index (χ4n) is 2.79. The van der Waals surface area contributed by atoms with Gasteiger partial charge in [-0.05, 0) is 23.8 Å². The van der Waals surface area contributed by atoms with Crippen LogP contribution in [0.1, 0.15) is 5.69 Å². The summed E-state index contributed by atoms with van der Waals surface area (Å²) >= 11 is 0. The Morgan fingerprint density at radius 3 is 1.96 bits per heavy atom. The molecule has 0 aliphatic rings. The highest BCUT2D eigenvalue weighted by Crippen LogP contribution is 2.44. The van der Waals surface area contributed by atoms with Crippen LogP contribution in [0.5, 0.6) is 17.2 Å². The summed E-state index contributed by atoms with van der Waals surface area (Å²) in [6.45, 7) is 0. The van der Waals surface area contributed by atoms with E-state index in [2.05, 4.69) is 4.98 Å². The Balaban J connectivity index is 2.32. The molecule has 1 aromatic heterocycles. The number of aromatic amines is 1. The van der Waals surface area contributed by atoms with Crippen LogP contribution in [-0.2, 0) is 6.18 Å². The molecular weight excluding hydrogens is 335 g/mol. The smallest absolute Gasteiger partial charge is 0.431 e. The zero-order chi connectivity index (χ0) is 18.2. The van der Waals surface area contributed by atoms with Crippen molar-refractivity contribution in [3.63, 3.8) is 0 Å². The molecule has 0 unspecified atom stereocenters. The molecule has 1 N–H and O–H groups in total. The number of alkyl halides is 3. The number of nitrogens with one attached hydrogen (secondary N) is 1. The zero-order valence-electron chi connectivity index (χ0n) is 13.8. The highest BCUT2D eigenvalue weighted by molar-refractivity contribution is 5.99. The van der Waals surface area contributed by atoms with Crippen LogP contribution < -0.4 is 14.2 Å². The van der Waals surface area contributed by atoms with Crippen LogP contribution in [0.3, 0.4) is 0 Å². The molecule has 3 aromatic rings. The minimum absolute atomic E-state index is 0.0612. The van der Waals surface area contributed by atoms with Crippen molar-refractivity contribution in [3.8, 4) is 28.4 Å². The van der Waals surface area contributed by atoms with Gasteiger partial charge in [0.25, 0.3) is 0 Å². The lowest BCUT2D eigenvalue weighted by molar-refractivity contribution is -0.140. The fraction of sp³-hybridized carbons (Fsp3) is 0.222. The first-order valence-corrected chi connectivity index (χ1v) is 7.38. The molecule has 3 rings (SSSR count). The molecule has 7 heteroatoms. The van der Waals surface area contributed by atoms with E-state index in [0.717, 1.165) is 0 Å². The summed E-state index contributed by atoms with van der Waals surface area (Å²) in [4.78, 5) is 2.47. The average molecular weight is 351 g/mol. The highest BCUT2D eigenvalue weighted by atomic mass is 19.4. The Kier molecular flexibility index (Phi) is 4.24. The quantitative estimate of drug-likeness (QED) is 0.729. The highest BCUT2D eigenvalue weighted by Gasteiger charge is 2.37. The van der Waals surface area contributed by atoms with Gasteiger partial charge in [0.05, 0.1) is 26.8 Å². The molecule has 0 saturated heterocycles. The van der Waals surface area contributed by atoms with Crippen LogP contribution in [0.25, 0.3) is 22.0 Å². The molecular formula is C18H16F3NO3. The number of hydrogen-bond donors (Lipinski definition) is 1. The molecule has 0 aliphatic carbocycles. The third-order valence-electron chi connectivity index (χ3n) is 3.96. The standard InChI is InChI=1S/C18H16F3NO3/c1-23-11-6-4-10(5-7-11)16-12-8-14(24-2)15(25-3)9-13(12)22-17(16)18(19,20)21/h4-9,22H,1-3H3. The van der Waals surface area contributed by atoms with Gasteiger partial charge in [-0.15, -0.1) is 0 Å². The first kappa shape index (κ1) is 17.0. The normalized spacial score (nSPS) is 11.6. The van der Waals surface area contributed by atoms with Gasteiger partial charge < -0.3 is 19.2 Å². The molecule has 2 aromatic carbocycles. The van der Waals surface area contributed by atoms with E-state index in [1.807, 2.05) is 0 Å². The summed E-state index contributed by atoms with van der Waals surface area (Å²) in [5, 5.41) is 0.398. The van der Waals surface area contributed by atoms with Gasteiger partial charge in [0.1, 0.15) is 11.4 Å². The number of benzene rings is 2. The number of methoxy groups -OCH3 is 3. The van der Waals surface area contributed by atoms with Crippen LogP contribution in [0.4, 0.5) is 13.2 Å². The number of halogens is 3. The first-order valence-electron chi connectivity index (χ1n) is 7.38. The molecule has 0 bridgehead atoms. The van der Waals surface area contributed by atoms with Gasteiger partial charge in [-0.2, -0.15) is 13.2 Å². The third-order valence-corrected chi connectivity index (χ3v) is 3.96. The van der Waals surface area contributed by atoms with E-state index < -0.39 is 11.9 Å². The Bertz CT molecular complexity index is 899. The van der Waals surface area contributed by atoms with Crippen LogP contribution in [0.15, 0.2) is 36.4 Å². The van der Waals surface area contributed by atoms with Gasteiger partial charge >= 0.3 is 6.18 Å². The average Bonchev–Trinajstić information content (AvgIpc) is 2.99. The monoisotopic (exact) mass is 351 g/mol. The van der Waals surface area contributed by atoms with E-state index in [9.17, 15) is 13.2 Å². The molecule has 0 atom stereocenters. The van der Waals surface area contributed by atoms with Gasteiger partial charge in [-0.3, -0.25) is 0 Å². The Morgan fingerprint density at radius 1 is 0.840 bits per heavy atom. The SMILES string of the molecule is COc1ccc(-c2c(C(F)(F)F)[nH]c3cc(OC)c(OC)cc23)cc1. The van der Waals surface area contributed by atoms with Crippen LogP contribution in [-0.4, -0.2) is 26.3 Å². The molecule has 4 nitrogen and oxygen atoms in total. The van der Waals surface area contributed by atoms with E-state index in [1.165, 1.54) is 27.4 Å². The summed E-state index contributed by atoms with van der Waals surface area (Å²) < 4.78 is 56.2. The van der Waals surface area contributed by atoms with Crippen molar-refractivity contribution >= 4 is 10.9 Å². The molecule has 1 heterocycles. The van der Waals surface area contributed by atoms with Gasteiger partial charge in [0, 0.05) is 17.0 Å². The van der Waals surface area contributed by atoms with E-state index >= 15 is 0 Å². The molecule has 25 heavy (non-hydrogen) atoms. The number of H-pyrrole nitrogens is 1. The number of ether oxygens (including phenoxy) is 3. The van der Waals surface area contributed by atoms with Gasteiger partial charge in [-0.1, -0.05) is 12.1 Å². The number of hydrogen-bond acceptors (Lipinski definition) is 3. The number of fused-ring (bicyclic) bond motifs is 1. The third kappa shape index (κ3) is 2.97. The lowest BCUT2D eigenvalue weighted by Crippen LogP contribution is -2.07. The molecule has 0 radical (unpaired) electrons. The van der Waals surface area contributed by atoms with Crippen molar-refractivity contribution in [2.45, 2.75) is 6.18 Å². The van der Waals surface area contributed by atoms with Crippen LogP contribution in [0, 0.1) is 0 Å². The van der Waals surface area contributed by atoms with Crippen molar-refractivity contribution in [1.29, 1.82) is 0 Å².